The topological polar surface area (TPSA) is 83.5 Å². The molecule has 8 nitrogen and oxygen atoms in total. The minimum absolute atomic E-state index is 0.141. The molecule has 1 aliphatic heterocycles. The summed E-state index contributed by atoms with van der Waals surface area (Å²) in [6, 6.07) is 19.2. The molecular weight excluding hydrogens is 511 g/mol. The lowest BCUT2D eigenvalue weighted by Crippen LogP contribution is -2.44. The molecule has 1 aliphatic rings. The number of urea groups is 1. The van der Waals surface area contributed by atoms with E-state index in [2.05, 4.69) is 10.4 Å². The van der Waals surface area contributed by atoms with Crippen molar-refractivity contribution in [3.63, 3.8) is 0 Å². The normalized spacial score (nSPS) is 14.7. The van der Waals surface area contributed by atoms with E-state index < -0.39 is 23.8 Å². The van der Waals surface area contributed by atoms with Gasteiger partial charge in [-0.15, -0.1) is 0 Å². The fraction of sp³-hybridized carbons (Fsp3) is 0.250. The van der Waals surface area contributed by atoms with Crippen LogP contribution in [0.25, 0.3) is 0 Å². The van der Waals surface area contributed by atoms with E-state index in [-0.39, 0.29) is 26.1 Å². The second-order valence-corrected chi connectivity index (χ2v) is 8.96. The van der Waals surface area contributed by atoms with E-state index in [0.29, 0.717) is 33.3 Å². The third-order valence-corrected chi connectivity index (χ3v) is 6.47. The van der Waals surface area contributed by atoms with Gasteiger partial charge in [-0.3, -0.25) is 4.79 Å². The van der Waals surface area contributed by atoms with Crippen molar-refractivity contribution in [3.05, 3.63) is 94.8 Å². The number of amides is 3. The molecule has 3 aromatic carbocycles. The molecule has 1 atom stereocenters. The zero-order valence-electron chi connectivity index (χ0n) is 21.1. The van der Waals surface area contributed by atoms with Crippen LogP contribution in [0.3, 0.4) is 0 Å². The molecule has 3 aromatic rings. The van der Waals surface area contributed by atoms with Gasteiger partial charge in [0.15, 0.2) is 0 Å². The van der Waals surface area contributed by atoms with Crippen molar-refractivity contribution in [2.45, 2.75) is 12.5 Å². The van der Waals surface area contributed by atoms with Crippen molar-refractivity contribution in [2.24, 2.45) is 5.10 Å². The van der Waals surface area contributed by atoms with Crippen molar-refractivity contribution in [1.82, 2.24) is 9.91 Å². The molecule has 0 saturated heterocycles. The highest BCUT2D eigenvalue weighted by Gasteiger charge is 2.36. The van der Waals surface area contributed by atoms with Crippen molar-refractivity contribution >= 4 is 34.9 Å². The molecule has 0 radical (unpaired) electrons. The maximum Gasteiger partial charge on any atom is 0.322 e. The number of hydrazone groups is 1. The summed E-state index contributed by atoms with van der Waals surface area (Å²) in [5, 5.41) is 9.07. The fourth-order valence-corrected chi connectivity index (χ4v) is 4.46. The standard InChI is InChI=1S/C28H28ClFN4O4/c1-37-16-15-33(28(36)31-23-13-7-8-14-26(23)38-2)18-27(35)34-25(20-10-4-6-12-22(20)30)17-24(32-34)19-9-3-5-11-21(19)29/h3-14,25H,15-18H2,1-2H3,(H,31,36)/t25-/m0/s1. The lowest BCUT2D eigenvalue weighted by Gasteiger charge is -2.27. The molecular formula is C28H28ClFN4O4. The Balaban J connectivity index is 1.62. The number of carbonyl (C=O) groups is 2. The number of para-hydroxylation sites is 2. The molecule has 0 saturated carbocycles. The number of nitrogens with one attached hydrogen (secondary N) is 1. The number of rotatable bonds is 9. The van der Waals surface area contributed by atoms with Crippen LogP contribution >= 0.6 is 11.6 Å². The Labute approximate surface area is 225 Å². The van der Waals surface area contributed by atoms with Gasteiger partial charge in [0, 0.05) is 36.2 Å². The summed E-state index contributed by atoms with van der Waals surface area (Å²) in [4.78, 5) is 28.1. The van der Waals surface area contributed by atoms with Crippen LogP contribution in [0.15, 0.2) is 77.9 Å². The molecule has 0 aliphatic carbocycles. The Bertz CT molecular complexity index is 1340. The molecule has 0 unspecified atom stereocenters. The highest BCUT2D eigenvalue weighted by Crippen LogP contribution is 2.35. The number of halogens is 2. The van der Waals surface area contributed by atoms with Gasteiger partial charge >= 0.3 is 6.03 Å². The molecule has 38 heavy (non-hydrogen) atoms. The lowest BCUT2D eigenvalue weighted by molar-refractivity contribution is -0.133. The second kappa shape index (κ2) is 12.5. The molecule has 0 aromatic heterocycles. The van der Waals surface area contributed by atoms with Crippen molar-refractivity contribution in [2.75, 3.05) is 39.2 Å². The second-order valence-electron chi connectivity index (χ2n) is 8.55. The van der Waals surface area contributed by atoms with Gasteiger partial charge in [-0.2, -0.15) is 5.10 Å². The quantitative estimate of drug-likeness (QED) is 0.398. The summed E-state index contributed by atoms with van der Waals surface area (Å²) in [6.45, 7) is 0.0363. The summed E-state index contributed by atoms with van der Waals surface area (Å²) >= 11 is 6.40. The van der Waals surface area contributed by atoms with Gasteiger partial charge in [0.1, 0.15) is 18.1 Å². The zero-order valence-corrected chi connectivity index (χ0v) is 21.8. The predicted molar refractivity (Wildman–Crippen MR) is 144 cm³/mol. The third kappa shape index (κ3) is 6.12. The van der Waals surface area contributed by atoms with E-state index in [4.69, 9.17) is 21.1 Å². The van der Waals surface area contributed by atoms with E-state index in [1.807, 2.05) is 6.07 Å². The average Bonchev–Trinajstić information content (AvgIpc) is 3.37. The SMILES string of the molecule is COCCN(CC(=O)N1N=C(c2ccccc2Cl)C[C@H]1c1ccccc1F)C(=O)Nc1ccccc1OC. The van der Waals surface area contributed by atoms with Crippen LogP contribution < -0.4 is 10.1 Å². The van der Waals surface area contributed by atoms with E-state index in [1.54, 1.807) is 60.7 Å². The predicted octanol–water partition coefficient (Wildman–Crippen LogP) is 5.35. The number of hydrogen-bond acceptors (Lipinski definition) is 5. The summed E-state index contributed by atoms with van der Waals surface area (Å²) < 4.78 is 25.3. The van der Waals surface area contributed by atoms with Gasteiger partial charge < -0.3 is 19.7 Å². The smallest absolute Gasteiger partial charge is 0.322 e. The number of nitrogens with zero attached hydrogens (tertiary/aromatic N) is 3. The lowest BCUT2D eigenvalue weighted by atomic mass is 9.98. The number of hydrogen-bond donors (Lipinski definition) is 1. The largest absolute Gasteiger partial charge is 0.495 e. The van der Waals surface area contributed by atoms with Crippen LogP contribution in [0.1, 0.15) is 23.6 Å². The summed E-state index contributed by atoms with van der Waals surface area (Å²) in [5.74, 6) is -0.449. The average molecular weight is 539 g/mol. The third-order valence-electron chi connectivity index (χ3n) is 6.14. The highest BCUT2D eigenvalue weighted by atomic mass is 35.5. The first-order valence-electron chi connectivity index (χ1n) is 12.0. The zero-order chi connectivity index (χ0) is 27.1. The Morgan fingerprint density at radius 1 is 1.08 bits per heavy atom. The van der Waals surface area contributed by atoms with E-state index in [0.717, 1.165) is 0 Å². The first-order valence-corrected chi connectivity index (χ1v) is 12.4. The van der Waals surface area contributed by atoms with E-state index in [9.17, 15) is 14.0 Å². The van der Waals surface area contributed by atoms with Crippen LogP contribution in [0.2, 0.25) is 5.02 Å². The van der Waals surface area contributed by atoms with E-state index >= 15 is 0 Å². The molecule has 0 fully saturated rings. The van der Waals surface area contributed by atoms with Gasteiger partial charge in [0.05, 0.1) is 31.2 Å². The molecule has 3 amide bonds. The number of benzene rings is 3. The van der Waals surface area contributed by atoms with Crippen molar-refractivity contribution in [3.8, 4) is 5.75 Å². The van der Waals surface area contributed by atoms with Gasteiger partial charge in [0.25, 0.3) is 5.91 Å². The summed E-state index contributed by atoms with van der Waals surface area (Å²) in [7, 11) is 3.01. The fourth-order valence-electron chi connectivity index (χ4n) is 4.22. The van der Waals surface area contributed by atoms with Gasteiger partial charge in [-0.1, -0.05) is 60.1 Å². The number of carbonyl (C=O) groups excluding carboxylic acids is 2. The molecule has 0 bridgehead atoms. The van der Waals surface area contributed by atoms with Crippen LogP contribution in [-0.4, -0.2) is 61.5 Å². The van der Waals surface area contributed by atoms with Gasteiger partial charge in [-0.05, 0) is 24.3 Å². The summed E-state index contributed by atoms with van der Waals surface area (Å²) in [6.07, 6.45) is 0.266. The molecule has 198 valence electrons. The first kappa shape index (κ1) is 27.1. The van der Waals surface area contributed by atoms with Crippen LogP contribution in [0.5, 0.6) is 5.75 Å². The van der Waals surface area contributed by atoms with Crippen molar-refractivity contribution < 1.29 is 23.5 Å². The molecule has 1 N–H and O–H groups in total. The van der Waals surface area contributed by atoms with Crippen molar-refractivity contribution in [1.29, 1.82) is 0 Å². The maximum absolute atomic E-state index is 14.8. The molecule has 0 spiro atoms. The highest BCUT2D eigenvalue weighted by molar-refractivity contribution is 6.34. The van der Waals surface area contributed by atoms with Crippen LogP contribution in [0, 0.1) is 5.82 Å². The Morgan fingerprint density at radius 2 is 1.79 bits per heavy atom. The number of anilines is 1. The molecule has 4 rings (SSSR count). The van der Waals surface area contributed by atoms with Crippen LogP contribution in [-0.2, 0) is 9.53 Å². The Kier molecular flexibility index (Phi) is 8.93. The minimum atomic E-state index is -0.698. The monoisotopic (exact) mass is 538 g/mol. The Morgan fingerprint density at radius 3 is 2.53 bits per heavy atom. The van der Waals surface area contributed by atoms with Gasteiger partial charge in [0.2, 0.25) is 0 Å². The Hall–Kier alpha value is -3.95. The molecule has 10 heteroatoms. The number of ether oxygens (including phenoxy) is 2. The van der Waals surface area contributed by atoms with E-state index in [1.165, 1.54) is 30.2 Å². The summed E-state index contributed by atoms with van der Waals surface area (Å²) in [5.41, 5.74) is 2.00. The van der Waals surface area contributed by atoms with Crippen LogP contribution in [0.4, 0.5) is 14.9 Å². The first-order chi connectivity index (χ1) is 18.4. The number of methoxy groups -OCH3 is 2. The van der Waals surface area contributed by atoms with Gasteiger partial charge in [-0.25, -0.2) is 14.2 Å². The minimum Gasteiger partial charge on any atom is -0.495 e. The maximum atomic E-state index is 14.8. The molecule has 1 heterocycles.